The Morgan fingerprint density at radius 1 is 1.11 bits per heavy atom. The lowest BCUT2D eigenvalue weighted by Crippen LogP contribution is -2.27. The Balaban J connectivity index is 1.82. The van der Waals surface area contributed by atoms with Gasteiger partial charge in [-0.05, 0) is 30.7 Å². The number of carbonyl (C=O) groups excluding carboxylic acids is 1. The molecule has 2 N–H and O–H groups in total. The van der Waals surface area contributed by atoms with E-state index in [1.54, 1.807) is 26.4 Å². The number of amides is 1. The van der Waals surface area contributed by atoms with Gasteiger partial charge in [0.2, 0.25) is 5.91 Å². The van der Waals surface area contributed by atoms with E-state index < -0.39 is 0 Å². The van der Waals surface area contributed by atoms with Crippen molar-refractivity contribution in [3.8, 4) is 11.5 Å². The van der Waals surface area contributed by atoms with E-state index in [1.165, 1.54) is 6.08 Å². The molecule has 8 nitrogen and oxygen atoms in total. The van der Waals surface area contributed by atoms with E-state index in [0.29, 0.717) is 30.4 Å². The molecule has 0 aliphatic heterocycles. The summed E-state index contributed by atoms with van der Waals surface area (Å²) in [4.78, 5) is 22.6. The van der Waals surface area contributed by atoms with Gasteiger partial charge >= 0.3 is 0 Å². The average molecular weight is 385 g/mol. The average Bonchev–Trinajstić information content (AvgIpc) is 2.68. The summed E-state index contributed by atoms with van der Waals surface area (Å²) in [5, 5.41) is 6.02. The highest BCUT2D eigenvalue weighted by Crippen LogP contribution is 2.27. The summed E-state index contributed by atoms with van der Waals surface area (Å²) in [7, 11) is 7.01. The Labute approximate surface area is 165 Å². The molecule has 1 aromatic carbocycles. The van der Waals surface area contributed by atoms with Crippen LogP contribution < -0.4 is 25.0 Å². The minimum atomic E-state index is -0.176. The van der Waals surface area contributed by atoms with Crippen molar-refractivity contribution in [3.63, 3.8) is 0 Å². The van der Waals surface area contributed by atoms with Crippen LogP contribution in [-0.2, 0) is 4.79 Å². The van der Waals surface area contributed by atoms with E-state index in [1.807, 2.05) is 44.1 Å². The van der Waals surface area contributed by atoms with Crippen LogP contribution in [-0.4, -0.2) is 57.3 Å². The topological polar surface area (TPSA) is 88.6 Å². The van der Waals surface area contributed by atoms with E-state index >= 15 is 0 Å². The second kappa shape index (κ2) is 10.1. The lowest BCUT2D eigenvalue weighted by molar-refractivity contribution is -0.116. The fourth-order valence-electron chi connectivity index (χ4n) is 2.44. The van der Waals surface area contributed by atoms with Crippen molar-refractivity contribution < 1.29 is 14.3 Å². The maximum absolute atomic E-state index is 12.0. The number of nitrogens with zero attached hydrogens (tertiary/aromatic N) is 3. The molecule has 1 aromatic heterocycles. The molecular formula is C20H27N5O3. The number of aryl methyl sites for hydroxylation is 1. The van der Waals surface area contributed by atoms with E-state index in [4.69, 9.17) is 9.47 Å². The first-order valence-corrected chi connectivity index (χ1v) is 8.87. The van der Waals surface area contributed by atoms with Crippen LogP contribution in [0.15, 0.2) is 30.3 Å². The number of anilines is 2. The Hall–Kier alpha value is -3.29. The summed E-state index contributed by atoms with van der Waals surface area (Å²) in [6, 6.07) is 7.33. The molecule has 0 atom stereocenters. The molecule has 0 spiro atoms. The number of rotatable bonds is 9. The molecular weight excluding hydrogens is 358 g/mol. The second-order valence-electron chi connectivity index (χ2n) is 6.22. The highest BCUT2D eigenvalue weighted by Gasteiger charge is 2.04. The third-order valence-electron chi connectivity index (χ3n) is 3.85. The highest BCUT2D eigenvalue weighted by molar-refractivity contribution is 5.91. The van der Waals surface area contributed by atoms with Crippen molar-refractivity contribution in [3.05, 3.63) is 41.7 Å². The SMILES string of the molecule is COc1ccc(/C=C/C(=O)NCCNc2cc(N(C)C)nc(C)n2)cc1OC. The second-order valence-corrected chi connectivity index (χ2v) is 6.22. The zero-order chi connectivity index (χ0) is 20.5. The van der Waals surface area contributed by atoms with Gasteiger partial charge in [-0.1, -0.05) is 6.07 Å². The zero-order valence-corrected chi connectivity index (χ0v) is 16.9. The van der Waals surface area contributed by atoms with Crippen LogP contribution in [0.4, 0.5) is 11.6 Å². The van der Waals surface area contributed by atoms with Gasteiger partial charge in [0.15, 0.2) is 11.5 Å². The Kier molecular flexibility index (Phi) is 7.62. The predicted molar refractivity (Wildman–Crippen MR) is 111 cm³/mol. The number of hydrogen-bond donors (Lipinski definition) is 2. The van der Waals surface area contributed by atoms with Gasteiger partial charge in [-0.15, -0.1) is 0 Å². The number of carbonyl (C=O) groups is 1. The Morgan fingerprint density at radius 2 is 1.86 bits per heavy atom. The molecule has 0 radical (unpaired) electrons. The molecule has 28 heavy (non-hydrogen) atoms. The molecule has 2 aromatic rings. The van der Waals surface area contributed by atoms with Gasteiger partial charge in [0.1, 0.15) is 17.5 Å². The summed E-state index contributed by atoms with van der Waals surface area (Å²) >= 11 is 0. The van der Waals surface area contributed by atoms with Crippen molar-refractivity contribution in [1.29, 1.82) is 0 Å². The fourth-order valence-corrected chi connectivity index (χ4v) is 2.44. The molecule has 0 saturated heterocycles. The van der Waals surface area contributed by atoms with Crippen molar-refractivity contribution in [2.45, 2.75) is 6.92 Å². The maximum atomic E-state index is 12.0. The van der Waals surface area contributed by atoms with Crippen LogP contribution in [0.3, 0.4) is 0 Å². The highest BCUT2D eigenvalue weighted by atomic mass is 16.5. The summed E-state index contributed by atoms with van der Waals surface area (Å²) in [6.07, 6.45) is 3.21. The van der Waals surface area contributed by atoms with Gasteiger partial charge in [-0.2, -0.15) is 0 Å². The minimum absolute atomic E-state index is 0.176. The van der Waals surface area contributed by atoms with Crippen molar-refractivity contribution in [2.24, 2.45) is 0 Å². The summed E-state index contributed by atoms with van der Waals surface area (Å²) < 4.78 is 10.5. The Morgan fingerprint density at radius 3 is 2.54 bits per heavy atom. The zero-order valence-electron chi connectivity index (χ0n) is 16.9. The van der Waals surface area contributed by atoms with Crippen LogP contribution in [0.25, 0.3) is 6.08 Å². The van der Waals surface area contributed by atoms with Gasteiger partial charge in [0.05, 0.1) is 14.2 Å². The van der Waals surface area contributed by atoms with Crippen LogP contribution in [0.5, 0.6) is 11.5 Å². The first-order valence-electron chi connectivity index (χ1n) is 8.87. The number of nitrogens with one attached hydrogen (secondary N) is 2. The van der Waals surface area contributed by atoms with Gasteiger partial charge in [0, 0.05) is 39.3 Å². The molecule has 0 unspecified atom stereocenters. The third-order valence-corrected chi connectivity index (χ3v) is 3.85. The van der Waals surface area contributed by atoms with E-state index in [9.17, 15) is 4.79 Å². The maximum Gasteiger partial charge on any atom is 0.244 e. The van der Waals surface area contributed by atoms with E-state index in [2.05, 4.69) is 20.6 Å². The number of benzene rings is 1. The lowest BCUT2D eigenvalue weighted by atomic mass is 10.2. The van der Waals surface area contributed by atoms with Crippen LogP contribution in [0.2, 0.25) is 0 Å². The van der Waals surface area contributed by atoms with Gasteiger partial charge < -0.3 is 25.0 Å². The lowest BCUT2D eigenvalue weighted by Gasteiger charge is -2.14. The van der Waals surface area contributed by atoms with Crippen molar-refractivity contribution in [2.75, 3.05) is 51.6 Å². The first-order chi connectivity index (χ1) is 13.4. The molecule has 0 aliphatic rings. The molecule has 8 heteroatoms. The summed E-state index contributed by atoms with van der Waals surface area (Å²) in [6.45, 7) is 2.87. The predicted octanol–water partition coefficient (Wildman–Crippen LogP) is 2.11. The normalized spacial score (nSPS) is 10.6. The summed E-state index contributed by atoms with van der Waals surface area (Å²) in [5.74, 6) is 3.34. The van der Waals surface area contributed by atoms with Gasteiger partial charge in [-0.3, -0.25) is 4.79 Å². The van der Waals surface area contributed by atoms with Crippen LogP contribution in [0, 0.1) is 6.92 Å². The van der Waals surface area contributed by atoms with Crippen LogP contribution >= 0.6 is 0 Å². The minimum Gasteiger partial charge on any atom is -0.493 e. The van der Waals surface area contributed by atoms with Crippen LogP contribution in [0.1, 0.15) is 11.4 Å². The fraction of sp³-hybridized carbons (Fsp3) is 0.350. The number of methoxy groups -OCH3 is 2. The molecule has 0 bridgehead atoms. The molecule has 0 fully saturated rings. The van der Waals surface area contributed by atoms with Gasteiger partial charge in [-0.25, -0.2) is 9.97 Å². The van der Waals surface area contributed by atoms with Gasteiger partial charge in [0.25, 0.3) is 0 Å². The first kappa shape index (κ1) is 21.0. The van der Waals surface area contributed by atoms with Crippen molar-refractivity contribution in [1.82, 2.24) is 15.3 Å². The molecule has 2 rings (SSSR count). The number of ether oxygens (including phenoxy) is 2. The molecule has 150 valence electrons. The number of hydrogen-bond acceptors (Lipinski definition) is 7. The molecule has 1 amide bonds. The molecule has 0 saturated carbocycles. The molecule has 0 aliphatic carbocycles. The smallest absolute Gasteiger partial charge is 0.244 e. The third kappa shape index (κ3) is 6.15. The van der Waals surface area contributed by atoms with E-state index in [-0.39, 0.29) is 5.91 Å². The van der Waals surface area contributed by atoms with E-state index in [0.717, 1.165) is 17.2 Å². The monoisotopic (exact) mass is 385 g/mol. The summed E-state index contributed by atoms with van der Waals surface area (Å²) in [5.41, 5.74) is 0.846. The largest absolute Gasteiger partial charge is 0.493 e. The quantitative estimate of drug-likeness (QED) is 0.505. The number of aromatic nitrogens is 2. The Bertz CT molecular complexity index is 837. The standard InChI is InChI=1S/C20H27N5O3/c1-14-23-18(13-19(24-14)25(2)3)21-10-11-22-20(26)9-7-15-6-8-16(27-4)17(12-15)28-5/h6-9,12-13H,10-11H2,1-5H3,(H,22,26)(H,21,23,24)/b9-7+. The molecule has 1 heterocycles. The van der Waals surface area contributed by atoms with Crippen molar-refractivity contribution >= 4 is 23.6 Å².